The van der Waals surface area contributed by atoms with Crippen molar-refractivity contribution >= 4 is 11.6 Å². The van der Waals surface area contributed by atoms with Crippen LogP contribution in [0.3, 0.4) is 0 Å². The Kier molecular flexibility index (Phi) is 1.94. The number of fused-ring (bicyclic) bond motifs is 2. The molecule has 1 fully saturated rings. The average molecular weight is 226 g/mol. The predicted octanol–water partition coefficient (Wildman–Crippen LogP) is 3.04. The van der Waals surface area contributed by atoms with Gasteiger partial charge in [0.05, 0.1) is 0 Å². The van der Waals surface area contributed by atoms with Gasteiger partial charge in [0.15, 0.2) is 11.6 Å². The number of hydrogen-bond acceptors (Lipinski definition) is 2. The summed E-state index contributed by atoms with van der Waals surface area (Å²) in [4.78, 5) is 24.9. The second-order valence-electron chi connectivity index (χ2n) is 5.34. The highest BCUT2D eigenvalue weighted by molar-refractivity contribution is 6.18. The van der Waals surface area contributed by atoms with Crippen molar-refractivity contribution in [1.82, 2.24) is 0 Å². The Morgan fingerprint density at radius 3 is 2.59 bits per heavy atom. The summed E-state index contributed by atoms with van der Waals surface area (Å²) in [5, 5.41) is 0. The zero-order chi connectivity index (χ0) is 12.2. The molecule has 0 unspecified atom stereocenters. The first-order valence-electron chi connectivity index (χ1n) is 5.89. The molecule has 2 atom stereocenters. The molecule has 3 rings (SSSR count). The molecule has 0 saturated heterocycles. The molecule has 17 heavy (non-hydrogen) atoms. The van der Waals surface area contributed by atoms with Crippen LogP contribution in [0.15, 0.2) is 36.4 Å². The second-order valence-corrected chi connectivity index (χ2v) is 5.34. The minimum absolute atomic E-state index is 0.108. The third-order valence-corrected chi connectivity index (χ3v) is 4.15. The van der Waals surface area contributed by atoms with Gasteiger partial charge in [0.2, 0.25) is 0 Å². The minimum atomic E-state index is -0.553. The molecule has 0 spiro atoms. The highest BCUT2D eigenvalue weighted by Gasteiger charge is 2.53. The summed E-state index contributed by atoms with van der Waals surface area (Å²) in [6, 6.07) is 7.16. The smallest absolute Gasteiger partial charge is 0.170 e. The Labute approximate surface area is 100 Å². The molecule has 2 aliphatic rings. The van der Waals surface area contributed by atoms with Gasteiger partial charge in [-0.05, 0) is 12.8 Å². The fourth-order valence-electron chi connectivity index (χ4n) is 3.24. The highest BCUT2D eigenvalue weighted by atomic mass is 16.1. The van der Waals surface area contributed by atoms with Gasteiger partial charge >= 0.3 is 0 Å². The van der Waals surface area contributed by atoms with Crippen molar-refractivity contribution in [2.45, 2.75) is 19.8 Å². The summed E-state index contributed by atoms with van der Waals surface area (Å²) in [6.45, 7) is 5.86. The van der Waals surface area contributed by atoms with Gasteiger partial charge in [0, 0.05) is 22.5 Å². The Balaban J connectivity index is 2.24. The van der Waals surface area contributed by atoms with Crippen molar-refractivity contribution in [3.63, 3.8) is 0 Å². The van der Waals surface area contributed by atoms with E-state index in [0.29, 0.717) is 24.0 Å². The Morgan fingerprint density at radius 1 is 1.24 bits per heavy atom. The van der Waals surface area contributed by atoms with E-state index in [1.807, 2.05) is 19.1 Å². The predicted molar refractivity (Wildman–Crippen MR) is 65.1 cm³/mol. The van der Waals surface area contributed by atoms with E-state index in [0.717, 1.165) is 5.57 Å². The molecule has 2 aliphatic carbocycles. The lowest BCUT2D eigenvalue weighted by molar-refractivity contribution is 0.0632. The normalized spacial score (nSPS) is 31.4. The minimum Gasteiger partial charge on any atom is -0.294 e. The number of Topliss-reactive ketones (excluding diaryl/α,β-unsaturated/α-hetero) is 2. The van der Waals surface area contributed by atoms with Crippen LogP contribution in [0, 0.1) is 11.3 Å². The van der Waals surface area contributed by atoms with Gasteiger partial charge in [-0.1, -0.05) is 43.3 Å². The zero-order valence-corrected chi connectivity index (χ0v) is 9.82. The van der Waals surface area contributed by atoms with Crippen molar-refractivity contribution in [2.75, 3.05) is 0 Å². The van der Waals surface area contributed by atoms with E-state index < -0.39 is 5.41 Å². The van der Waals surface area contributed by atoms with Gasteiger partial charge in [-0.2, -0.15) is 0 Å². The van der Waals surface area contributed by atoms with Crippen LogP contribution in [-0.2, 0) is 0 Å². The van der Waals surface area contributed by atoms with Crippen LogP contribution in [-0.4, -0.2) is 11.6 Å². The summed E-state index contributed by atoms with van der Waals surface area (Å²) >= 11 is 0. The molecule has 0 heterocycles. The van der Waals surface area contributed by atoms with Crippen molar-refractivity contribution in [3.05, 3.63) is 47.5 Å². The van der Waals surface area contributed by atoms with Gasteiger partial charge in [-0.25, -0.2) is 0 Å². The van der Waals surface area contributed by atoms with E-state index in [-0.39, 0.29) is 17.5 Å². The molecular weight excluding hydrogens is 212 g/mol. The lowest BCUT2D eigenvalue weighted by Gasteiger charge is -2.34. The molecule has 0 bridgehead atoms. The molecule has 1 saturated carbocycles. The van der Waals surface area contributed by atoms with E-state index in [1.165, 1.54) is 0 Å². The maximum Gasteiger partial charge on any atom is 0.170 e. The number of hydrogen-bond donors (Lipinski definition) is 0. The number of carbonyl (C=O) groups is 2. The molecule has 0 aromatic heterocycles. The topological polar surface area (TPSA) is 34.1 Å². The van der Waals surface area contributed by atoms with Crippen LogP contribution >= 0.6 is 0 Å². The number of allylic oxidation sites excluding steroid dienone is 1. The molecular formula is C15H14O2. The number of rotatable bonds is 0. The van der Waals surface area contributed by atoms with Crippen molar-refractivity contribution in [1.29, 1.82) is 0 Å². The molecule has 86 valence electrons. The number of benzene rings is 1. The molecule has 0 radical (unpaired) electrons. The molecule has 2 nitrogen and oxygen atoms in total. The van der Waals surface area contributed by atoms with Gasteiger partial charge in [-0.15, -0.1) is 0 Å². The number of ketones is 2. The average Bonchev–Trinajstić information content (AvgIpc) is 2.63. The van der Waals surface area contributed by atoms with E-state index in [9.17, 15) is 9.59 Å². The van der Waals surface area contributed by atoms with Gasteiger partial charge in [0.25, 0.3) is 0 Å². The molecule has 0 N–H and O–H groups in total. The first kappa shape index (κ1) is 10.5. The molecule has 0 amide bonds. The third kappa shape index (κ3) is 1.21. The fourth-order valence-corrected chi connectivity index (χ4v) is 3.24. The zero-order valence-electron chi connectivity index (χ0n) is 9.82. The van der Waals surface area contributed by atoms with E-state index in [4.69, 9.17) is 0 Å². The Morgan fingerprint density at radius 2 is 1.88 bits per heavy atom. The largest absolute Gasteiger partial charge is 0.294 e. The first-order valence-corrected chi connectivity index (χ1v) is 5.89. The maximum absolute atomic E-state index is 12.5. The lowest BCUT2D eigenvalue weighted by atomic mass is 9.66. The van der Waals surface area contributed by atoms with Crippen molar-refractivity contribution in [3.8, 4) is 0 Å². The SMILES string of the molecule is C=C1C[C@H]2C(=O)c3ccccc3C(=O)[C@@]2(C)C1. The van der Waals surface area contributed by atoms with Crippen LogP contribution < -0.4 is 0 Å². The molecule has 2 heteroatoms. The van der Waals surface area contributed by atoms with E-state index in [1.54, 1.807) is 12.1 Å². The second kappa shape index (κ2) is 3.16. The summed E-state index contributed by atoms with van der Waals surface area (Å²) < 4.78 is 0. The van der Waals surface area contributed by atoms with Crippen molar-refractivity contribution < 1.29 is 9.59 Å². The molecule has 1 aromatic rings. The number of carbonyl (C=O) groups excluding carboxylic acids is 2. The standard InChI is InChI=1S/C15H14O2/c1-9-7-12-13(16)10-5-3-4-6-11(10)14(17)15(12,2)8-9/h3-6,12H,1,7-8H2,2H3/t12-,15-/m0/s1. The van der Waals surface area contributed by atoms with Crippen molar-refractivity contribution in [2.24, 2.45) is 11.3 Å². The Hall–Kier alpha value is -1.70. The summed E-state index contributed by atoms with van der Waals surface area (Å²) in [5.74, 6) is 0.0232. The Bertz CT molecular complexity index is 556. The molecule has 1 aromatic carbocycles. The summed E-state index contributed by atoms with van der Waals surface area (Å²) in [5.41, 5.74) is 1.65. The third-order valence-electron chi connectivity index (χ3n) is 4.15. The van der Waals surface area contributed by atoms with E-state index in [2.05, 4.69) is 6.58 Å². The van der Waals surface area contributed by atoms with Crippen LogP contribution in [0.25, 0.3) is 0 Å². The van der Waals surface area contributed by atoms with E-state index >= 15 is 0 Å². The molecule has 0 aliphatic heterocycles. The fraction of sp³-hybridized carbons (Fsp3) is 0.333. The lowest BCUT2D eigenvalue weighted by Crippen LogP contribution is -2.41. The summed E-state index contributed by atoms with van der Waals surface area (Å²) in [7, 11) is 0. The quantitative estimate of drug-likeness (QED) is 0.637. The van der Waals surface area contributed by atoms with Gasteiger partial charge in [-0.3, -0.25) is 9.59 Å². The van der Waals surface area contributed by atoms with Crippen LogP contribution in [0.1, 0.15) is 40.5 Å². The monoisotopic (exact) mass is 226 g/mol. The van der Waals surface area contributed by atoms with Crippen LogP contribution in [0.4, 0.5) is 0 Å². The summed E-state index contributed by atoms with van der Waals surface area (Å²) in [6.07, 6.45) is 1.31. The maximum atomic E-state index is 12.5. The highest BCUT2D eigenvalue weighted by Crippen LogP contribution is 2.51. The van der Waals surface area contributed by atoms with Crippen LogP contribution in [0.5, 0.6) is 0 Å². The first-order chi connectivity index (χ1) is 8.04. The van der Waals surface area contributed by atoms with Gasteiger partial charge < -0.3 is 0 Å². The van der Waals surface area contributed by atoms with Gasteiger partial charge in [0.1, 0.15) is 0 Å². The van der Waals surface area contributed by atoms with Crippen LogP contribution in [0.2, 0.25) is 0 Å².